The predicted molar refractivity (Wildman–Crippen MR) is 96.0 cm³/mol. The van der Waals surface area contributed by atoms with Crippen molar-refractivity contribution in [2.24, 2.45) is 0 Å². The molecule has 1 N–H and O–H groups in total. The average molecular weight is 357 g/mol. The van der Waals surface area contributed by atoms with Crippen molar-refractivity contribution in [3.8, 4) is 0 Å². The van der Waals surface area contributed by atoms with Crippen LogP contribution in [0.3, 0.4) is 0 Å². The summed E-state index contributed by atoms with van der Waals surface area (Å²) in [5, 5.41) is 3.54. The molecule has 0 bridgehead atoms. The fourth-order valence-corrected chi connectivity index (χ4v) is 3.50. The lowest BCUT2D eigenvalue weighted by Crippen LogP contribution is -2.43. The van der Waals surface area contributed by atoms with Crippen molar-refractivity contribution in [3.63, 3.8) is 0 Å². The molecule has 0 aliphatic carbocycles. The molecule has 4 rings (SSSR count). The Hall–Kier alpha value is -2.53. The van der Waals surface area contributed by atoms with Crippen molar-refractivity contribution < 1.29 is 14.3 Å². The third kappa shape index (κ3) is 3.07. The second-order valence-corrected chi connectivity index (χ2v) is 6.71. The van der Waals surface area contributed by atoms with Crippen molar-refractivity contribution in [1.82, 2.24) is 0 Å². The molecule has 1 saturated heterocycles. The van der Waals surface area contributed by atoms with Crippen LogP contribution >= 0.6 is 11.6 Å². The van der Waals surface area contributed by atoms with Crippen molar-refractivity contribution in [2.75, 3.05) is 16.8 Å². The van der Waals surface area contributed by atoms with Gasteiger partial charge in [0.05, 0.1) is 16.9 Å². The molecule has 0 aromatic heterocycles. The lowest BCUT2D eigenvalue weighted by atomic mass is 10.1. The quantitative estimate of drug-likeness (QED) is 0.853. The number of halogens is 1. The maximum Gasteiger partial charge on any atom is 0.338 e. The Morgan fingerprint density at radius 3 is 2.84 bits per heavy atom. The van der Waals surface area contributed by atoms with Crippen molar-refractivity contribution in [1.29, 1.82) is 0 Å². The molecule has 2 aliphatic heterocycles. The van der Waals surface area contributed by atoms with Crippen LogP contribution in [0.4, 0.5) is 11.4 Å². The zero-order chi connectivity index (χ0) is 17.4. The number of nitrogens with one attached hydrogen (secondary N) is 1. The Morgan fingerprint density at radius 1 is 1.24 bits per heavy atom. The molecule has 128 valence electrons. The minimum Gasteiger partial charge on any atom is -0.457 e. The SMILES string of the molecule is O=C(OCc1ccc(Cl)cc1)c1ccc2c(c1)NC(=O)[C@H]1CCCN21. The van der Waals surface area contributed by atoms with Gasteiger partial charge in [0, 0.05) is 11.6 Å². The minimum atomic E-state index is -0.421. The van der Waals surface area contributed by atoms with Crippen LogP contribution in [0.5, 0.6) is 0 Å². The van der Waals surface area contributed by atoms with Gasteiger partial charge in [-0.1, -0.05) is 23.7 Å². The molecule has 0 saturated carbocycles. The van der Waals surface area contributed by atoms with Crippen LogP contribution in [0.25, 0.3) is 0 Å². The lowest BCUT2D eigenvalue weighted by molar-refractivity contribution is -0.117. The molecular weight excluding hydrogens is 340 g/mol. The first-order chi connectivity index (χ1) is 12.1. The highest BCUT2D eigenvalue weighted by atomic mass is 35.5. The number of nitrogens with zero attached hydrogens (tertiary/aromatic N) is 1. The molecule has 6 heteroatoms. The van der Waals surface area contributed by atoms with Crippen molar-refractivity contribution in [3.05, 3.63) is 58.6 Å². The standard InChI is InChI=1S/C19H17ClN2O3/c20-14-6-3-12(4-7-14)11-25-19(24)13-5-8-16-15(10-13)21-18(23)17-2-1-9-22(16)17/h3-8,10,17H,1-2,9,11H2,(H,21,23)/t17-/m1/s1. The van der Waals surface area contributed by atoms with E-state index in [-0.39, 0.29) is 18.6 Å². The van der Waals surface area contributed by atoms with Gasteiger partial charge in [-0.05, 0) is 48.7 Å². The van der Waals surface area contributed by atoms with E-state index in [4.69, 9.17) is 16.3 Å². The van der Waals surface area contributed by atoms with Crippen LogP contribution in [0.1, 0.15) is 28.8 Å². The van der Waals surface area contributed by atoms with Gasteiger partial charge in [0.25, 0.3) is 0 Å². The fraction of sp³-hybridized carbons (Fsp3) is 0.263. The Balaban J connectivity index is 1.49. The Kier molecular flexibility index (Phi) is 4.09. The van der Waals surface area contributed by atoms with Crippen LogP contribution in [0.2, 0.25) is 5.02 Å². The topological polar surface area (TPSA) is 58.6 Å². The number of hydrogen-bond acceptors (Lipinski definition) is 4. The number of benzene rings is 2. The molecule has 1 fully saturated rings. The van der Waals surface area contributed by atoms with Gasteiger partial charge in [0.1, 0.15) is 12.6 Å². The Morgan fingerprint density at radius 2 is 2.04 bits per heavy atom. The van der Waals surface area contributed by atoms with E-state index in [1.165, 1.54) is 0 Å². The minimum absolute atomic E-state index is 0.00307. The molecule has 0 spiro atoms. The van der Waals surface area contributed by atoms with Crippen LogP contribution in [-0.2, 0) is 16.1 Å². The summed E-state index contributed by atoms with van der Waals surface area (Å²) in [7, 11) is 0. The van der Waals surface area contributed by atoms with Gasteiger partial charge in [0.15, 0.2) is 0 Å². The molecule has 1 atom stereocenters. The smallest absolute Gasteiger partial charge is 0.338 e. The molecule has 5 nitrogen and oxygen atoms in total. The predicted octanol–water partition coefficient (Wildman–Crippen LogP) is 3.62. The molecule has 0 radical (unpaired) electrons. The monoisotopic (exact) mass is 356 g/mol. The summed E-state index contributed by atoms with van der Waals surface area (Å²) in [4.78, 5) is 26.6. The van der Waals surface area contributed by atoms with E-state index in [2.05, 4.69) is 10.2 Å². The van der Waals surface area contributed by atoms with Crippen molar-refractivity contribution in [2.45, 2.75) is 25.5 Å². The van der Waals surface area contributed by atoms with Crippen LogP contribution in [-0.4, -0.2) is 24.5 Å². The van der Waals surface area contributed by atoms with E-state index >= 15 is 0 Å². The van der Waals surface area contributed by atoms with E-state index in [0.29, 0.717) is 16.3 Å². The number of hydrogen-bond donors (Lipinski definition) is 1. The van der Waals surface area contributed by atoms with Crippen LogP contribution < -0.4 is 10.2 Å². The summed E-state index contributed by atoms with van der Waals surface area (Å²) in [5.41, 5.74) is 2.93. The molecule has 2 aromatic carbocycles. The van der Waals surface area contributed by atoms with Gasteiger partial charge in [-0.25, -0.2) is 4.79 Å². The molecule has 25 heavy (non-hydrogen) atoms. The first kappa shape index (κ1) is 16.0. The average Bonchev–Trinajstić information content (AvgIpc) is 3.11. The van der Waals surface area contributed by atoms with Crippen molar-refractivity contribution >= 4 is 34.9 Å². The number of carbonyl (C=O) groups is 2. The van der Waals surface area contributed by atoms with Gasteiger partial charge in [-0.15, -0.1) is 0 Å². The summed E-state index contributed by atoms with van der Waals surface area (Å²) < 4.78 is 5.35. The highest BCUT2D eigenvalue weighted by molar-refractivity contribution is 6.30. The highest BCUT2D eigenvalue weighted by Crippen LogP contribution is 2.37. The van der Waals surface area contributed by atoms with Gasteiger partial charge >= 0.3 is 5.97 Å². The van der Waals surface area contributed by atoms with E-state index in [1.807, 2.05) is 18.2 Å². The maximum absolute atomic E-state index is 12.3. The normalized spacial score (nSPS) is 18.4. The third-order valence-corrected chi connectivity index (χ3v) is 4.89. The van der Waals surface area contributed by atoms with Gasteiger partial charge in [0.2, 0.25) is 5.91 Å². The Bertz CT molecular complexity index is 835. The maximum atomic E-state index is 12.3. The number of esters is 1. The largest absolute Gasteiger partial charge is 0.457 e. The molecular formula is C19H17ClN2O3. The second kappa shape index (κ2) is 6.41. The highest BCUT2D eigenvalue weighted by Gasteiger charge is 2.36. The summed E-state index contributed by atoms with van der Waals surface area (Å²) in [5.74, 6) is -0.424. The molecule has 1 amide bonds. The number of carbonyl (C=O) groups excluding carboxylic acids is 2. The number of anilines is 2. The first-order valence-corrected chi connectivity index (χ1v) is 8.63. The molecule has 2 aliphatic rings. The number of amides is 1. The molecule has 0 unspecified atom stereocenters. The molecule has 2 heterocycles. The first-order valence-electron chi connectivity index (χ1n) is 8.25. The van der Waals surface area contributed by atoms with Gasteiger partial charge < -0.3 is 15.0 Å². The number of fused-ring (bicyclic) bond motifs is 3. The van der Waals surface area contributed by atoms with Gasteiger partial charge in [-0.3, -0.25) is 4.79 Å². The number of ether oxygens (including phenoxy) is 1. The zero-order valence-electron chi connectivity index (χ0n) is 13.5. The lowest BCUT2D eigenvalue weighted by Gasteiger charge is -2.33. The summed E-state index contributed by atoms with van der Waals surface area (Å²) in [6.07, 6.45) is 1.87. The van der Waals surface area contributed by atoms with E-state index in [9.17, 15) is 9.59 Å². The zero-order valence-corrected chi connectivity index (χ0v) is 14.3. The van der Waals surface area contributed by atoms with Crippen LogP contribution in [0.15, 0.2) is 42.5 Å². The van der Waals surface area contributed by atoms with E-state index in [0.717, 1.165) is 30.6 Å². The van der Waals surface area contributed by atoms with E-state index < -0.39 is 5.97 Å². The van der Waals surface area contributed by atoms with Gasteiger partial charge in [-0.2, -0.15) is 0 Å². The van der Waals surface area contributed by atoms with Crippen LogP contribution in [0, 0.1) is 0 Å². The molecule has 2 aromatic rings. The summed E-state index contributed by atoms with van der Waals surface area (Å²) >= 11 is 5.84. The fourth-order valence-electron chi connectivity index (χ4n) is 3.37. The number of rotatable bonds is 3. The second-order valence-electron chi connectivity index (χ2n) is 6.28. The summed E-state index contributed by atoms with van der Waals surface area (Å²) in [6.45, 7) is 1.04. The third-order valence-electron chi connectivity index (χ3n) is 4.64. The van der Waals surface area contributed by atoms with E-state index in [1.54, 1.807) is 24.3 Å². The Labute approximate surface area is 150 Å². The summed E-state index contributed by atoms with van der Waals surface area (Å²) in [6, 6.07) is 12.4.